The molecule has 1 fully saturated rings. The lowest BCUT2D eigenvalue weighted by atomic mass is 9.93. The van der Waals surface area contributed by atoms with Gasteiger partial charge in [-0.25, -0.2) is 4.98 Å². The Kier molecular flexibility index (Phi) is 2.91. The Morgan fingerprint density at radius 2 is 2.40 bits per heavy atom. The second kappa shape index (κ2) is 4.05. The molecule has 0 spiro atoms. The van der Waals surface area contributed by atoms with Crippen molar-refractivity contribution in [2.24, 2.45) is 5.41 Å². The summed E-state index contributed by atoms with van der Waals surface area (Å²) in [5.74, 6) is 1.82. The third-order valence-corrected chi connectivity index (χ3v) is 3.84. The molecule has 1 atom stereocenters. The van der Waals surface area contributed by atoms with Crippen molar-refractivity contribution in [3.63, 3.8) is 0 Å². The Hall–Kier alpha value is -0.700. The van der Waals surface area contributed by atoms with E-state index in [0.29, 0.717) is 0 Å². The lowest BCUT2D eigenvalue weighted by molar-refractivity contribution is 0.425. The zero-order valence-corrected chi connectivity index (χ0v) is 10.2. The number of aryl methyl sites for hydroxylation is 1. The fourth-order valence-corrected chi connectivity index (χ4v) is 2.35. The first-order valence-corrected chi connectivity index (χ1v) is 6.04. The normalized spacial score (nSPS) is 26.2. The molecular formula is C11H18ClN3. The van der Waals surface area contributed by atoms with Crippen LogP contribution in [0.1, 0.15) is 20.3 Å². The van der Waals surface area contributed by atoms with E-state index >= 15 is 0 Å². The minimum Gasteiger partial charge on any atom is -0.342 e. The summed E-state index contributed by atoms with van der Waals surface area (Å²) < 4.78 is 2.18. The van der Waals surface area contributed by atoms with Crippen molar-refractivity contribution in [3.05, 3.63) is 12.4 Å². The van der Waals surface area contributed by atoms with Gasteiger partial charge in [0.1, 0.15) is 0 Å². The molecule has 15 heavy (non-hydrogen) atoms. The molecule has 3 nitrogen and oxygen atoms in total. The topological polar surface area (TPSA) is 21.1 Å². The number of aromatic nitrogens is 2. The number of alkyl halides is 1. The quantitative estimate of drug-likeness (QED) is 0.740. The molecule has 0 aliphatic carbocycles. The van der Waals surface area contributed by atoms with Crippen molar-refractivity contribution in [2.45, 2.75) is 26.8 Å². The standard InChI is InChI=1S/C11H18ClN3/c1-3-14-7-5-13-10(14)15-6-4-11(2,8-12)9-15/h5,7H,3-4,6,8-9H2,1-2H3. The van der Waals surface area contributed by atoms with E-state index in [1.807, 2.05) is 12.4 Å². The van der Waals surface area contributed by atoms with Crippen LogP contribution in [0.25, 0.3) is 0 Å². The van der Waals surface area contributed by atoms with Crippen molar-refractivity contribution in [1.29, 1.82) is 0 Å². The van der Waals surface area contributed by atoms with Gasteiger partial charge in [-0.2, -0.15) is 0 Å². The van der Waals surface area contributed by atoms with Gasteiger partial charge in [-0.05, 0) is 13.3 Å². The van der Waals surface area contributed by atoms with Crippen molar-refractivity contribution < 1.29 is 0 Å². The number of rotatable bonds is 3. The molecule has 0 radical (unpaired) electrons. The third-order valence-electron chi connectivity index (χ3n) is 3.20. The molecule has 2 heterocycles. The predicted octanol–water partition coefficient (Wildman–Crippen LogP) is 2.36. The SMILES string of the molecule is CCn1ccnc1N1CCC(C)(CCl)C1. The van der Waals surface area contributed by atoms with Crippen molar-refractivity contribution in [3.8, 4) is 0 Å². The molecule has 0 bridgehead atoms. The zero-order valence-electron chi connectivity index (χ0n) is 9.41. The summed E-state index contributed by atoms with van der Waals surface area (Å²) in [6.07, 6.45) is 5.06. The Bertz CT molecular complexity index is 336. The highest BCUT2D eigenvalue weighted by atomic mass is 35.5. The molecule has 0 amide bonds. The zero-order chi connectivity index (χ0) is 10.9. The monoisotopic (exact) mass is 227 g/mol. The molecule has 1 unspecified atom stereocenters. The van der Waals surface area contributed by atoms with Crippen LogP contribution in [0, 0.1) is 5.41 Å². The third kappa shape index (κ3) is 1.98. The van der Waals surface area contributed by atoms with E-state index in [9.17, 15) is 0 Å². The summed E-state index contributed by atoms with van der Waals surface area (Å²) >= 11 is 6.00. The van der Waals surface area contributed by atoms with Crippen LogP contribution in [0.15, 0.2) is 12.4 Å². The summed E-state index contributed by atoms with van der Waals surface area (Å²) in [4.78, 5) is 6.75. The first-order valence-electron chi connectivity index (χ1n) is 5.50. The van der Waals surface area contributed by atoms with Crippen LogP contribution in [0.3, 0.4) is 0 Å². The molecule has 0 N–H and O–H groups in total. The summed E-state index contributed by atoms with van der Waals surface area (Å²) in [6.45, 7) is 7.46. The highest BCUT2D eigenvalue weighted by molar-refractivity contribution is 6.18. The Labute approximate surface area is 96.0 Å². The van der Waals surface area contributed by atoms with E-state index < -0.39 is 0 Å². The van der Waals surface area contributed by atoms with E-state index in [4.69, 9.17) is 11.6 Å². The van der Waals surface area contributed by atoms with Crippen molar-refractivity contribution in [1.82, 2.24) is 9.55 Å². The number of hydrogen-bond donors (Lipinski definition) is 0. The van der Waals surface area contributed by atoms with E-state index in [1.54, 1.807) is 0 Å². The highest BCUT2D eigenvalue weighted by Gasteiger charge is 2.34. The molecule has 1 aromatic heterocycles. The van der Waals surface area contributed by atoms with Crippen LogP contribution < -0.4 is 4.90 Å². The Morgan fingerprint density at radius 3 is 3.00 bits per heavy atom. The number of imidazole rings is 1. The molecule has 1 aliphatic rings. The minimum atomic E-state index is 0.256. The van der Waals surface area contributed by atoms with Gasteiger partial charge in [-0.3, -0.25) is 0 Å². The number of hydrogen-bond acceptors (Lipinski definition) is 2. The minimum absolute atomic E-state index is 0.256. The van der Waals surface area contributed by atoms with Crippen LogP contribution in [0.4, 0.5) is 5.95 Å². The van der Waals surface area contributed by atoms with E-state index in [-0.39, 0.29) is 5.41 Å². The average molecular weight is 228 g/mol. The van der Waals surface area contributed by atoms with Gasteiger partial charge in [0.2, 0.25) is 5.95 Å². The molecule has 1 saturated heterocycles. The van der Waals surface area contributed by atoms with Gasteiger partial charge in [0, 0.05) is 43.3 Å². The van der Waals surface area contributed by atoms with E-state index in [1.165, 1.54) is 0 Å². The van der Waals surface area contributed by atoms with Gasteiger partial charge < -0.3 is 9.47 Å². The van der Waals surface area contributed by atoms with Crippen molar-refractivity contribution >= 4 is 17.5 Å². The van der Waals surface area contributed by atoms with Crippen LogP contribution in [0.5, 0.6) is 0 Å². The molecule has 0 saturated carbocycles. The highest BCUT2D eigenvalue weighted by Crippen LogP contribution is 2.33. The molecule has 4 heteroatoms. The van der Waals surface area contributed by atoms with Crippen LogP contribution in [-0.4, -0.2) is 28.5 Å². The number of nitrogens with zero attached hydrogens (tertiary/aromatic N) is 3. The molecule has 1 aliphatic heterocycles. The molecule has 1 aromatic rings. The molecule has 0 aromatic carbocycles. The van der Waals surface area contributed by atoms with Crippen LogP contribution in [-0.2, 0) is 6.54 Å². The number of halogens is 1. The van der Waals surface area contributed by atoms with E-state index in [0.717, 1.165) is 37.9 Å². The molecule has 2 rings (SSSR count). The smallest absolute Gasteiger partial charge is 0.205 e. The lowest BCUT2D eigenvalue weighted by Gasteiger charge is -2.22. The second-order valence-electron chi connectivity index (χ2n) is 4.63. The first kappa shape index (κ1) is 10.8. The maximum Gasteiger partial charge on any atom is 0.205 e. The van der Waals surface area contributed by atoms with Gasteiger partial charge >= 0.3 is 0 Å². The maximum atomic E-state index is 6.00. The fraction of sp³-hybridized carbons (Fsp3) is 0.727. The largest absolute Gasteiger partial charge is 0.342 e. The van der Waals surface area contributed by atoms with E-state index in [2.05, 4.69) is 28.3 Å². The Morgan fingerprint density at radius 1 is 1.60 bits per heavy atom. The van der Waals surface area contributed by atoms with Gasteiger partial charge in [-0.15, -0.1) is 11.6 Å². The summed E-state index contributed by atoms with van der Waals surface area (Å²) in [5.41, 5.74) is 0.256. The fourth-order valence-electron chi connectivity index (χ4n) is 2.13. The molecule has 84 valence electrons. The second-order valence-corrected chi connectivity index (χ2v) is 4.90. The average Bonchev–Trinajstić information content (AvgIpc) is 2.84. The van der Waals surface area contributed by atoms with Gasteiger partial charge in [0.15, 0.2) is 0 Å². The van der Waals surface area contributed by atoms with Gasteiger partial charge in [-0.1, -0.05) is 6.92 Å². The number of anilines is 1. The Balaban J connectivity index is 2.14. The maximum absolute atomic E-state index is 6.00. The first-order chi connectivity index (χ1) is 7.18. The predicted molar refractivity (Wildman–Crippen MR) is 63.6 cm³/mol. The van der Waals surface area contributed by atoms with Gasteiger partial charge in [0.25, 0.3) is 0 Å². The molecular weight excluding hydrogens is 210 g/mol. The van der Waals surface area contributed by atoms with Crippen LogP contribution >= 0.6 is 11.6 Å². The van der Waals surface area contributed by atoms with Gasteiger partial charge in [0.05, 0.1) is 0 Å². The summed E-state index contributed by atoms with van der Waals surface area (Å²) in [5, 5.41) is 0. The van der Waals surface area contributed by atoms with Crippen LogP contribution in [0.2, 0.25) is 0 Å². The lowest BCUT2D eigenvalue weighted by Crippen LogP contribution is -2.28. The summed E-state index contributed by atoms with van der Waals surface area (Å²) in [6, 6.07) is 0. The van der Waals surface area contributed by atoms with Crippen molar-refractivity contribution in [2.75, 3.05) is 23.9 Å². The summed E-state index contributed by atoms with van der Waals surface area (Å²) in [7, 11) is 0.